The molecule has 0 bridgehead atoms. The van der Waals surface area contributed by atoms with Gasteiger partial charge in [-0.3, -0.25) is 18.6 Å². The Hall–Kier alpha value is -3.07. The quantitative estimate of drug-likeness (QED) is 0.0215. The number of hydrogen-bond donors (Lipinski definition) is 1. The number of nitrogens with zero attached hydrogens (tertiary/aromatic N) is 1. The molecule has 0 heterocycles. The van der Waals surface area contributed by atoms with Gasteiger partial charge in [0.2, 0.25) is 0 Å². The van der Waals surface area contributed by atoms with Gasteiger partial charge in [-0.25, -0.2) is 4.57 Å². The van der Waals surface area contributed by atoms with Crippen molar-refractivity contribution >= 4 is 19.8 Å². The normalized spacial score (nSPS) is 14.5. The summed E-state index contributed by atoms with van der Waals surface area (Å²) >= 11 is 0. The molecule has 0 amide bonds. The highest BCUT2D eigenvalue weighted by Crippen LogP contribution is 2.43. The lowest BCUT2D eigenvalue weighted by Crippen LogP contribution is -2.37. The first kappa shape index (κ1) is 54.9. The molecule has 330 valence electrons. The summed E-state index contributed by atoms with van der Waals surface area (Å²) < 4.78 is 34.3. The van der Waals surface area contributed by atoms with E-state index in [1.54, 1.807) is 0 Å². The molecule has 0 saturated heterocycles. The lowest BCUT2D eigenvalue weighted by molar-refractivity contribution is -0.870. The number of carbonyl (C=O) groups is 2. The highest BCUT2D eigenvalue weighted by atomic mass is 31.2. The van der Waals surface area contributed by atoms with E-state index in [9.17, 15) is 19.0 Å². The second kappa shape index (κ2) is 39.4. The molecule has 0 fully saturated rings. The summed E-state index contributed by atoms with van der Waals surface area (Å²) in [4.78, 5) is 35.4. The van der Waals surface area contributed by atoms with Crippen molar-refractivity contribution in [3.63, 3.8) is 0 Å². The van der Waals surface area contributed by atoms with Crippen LogP contribution in [-0.2, 0) is 32.7 Å². The van der Waals surface area contributed by atoms with Crippen molar-refractivity contribution in [2.24, 2.45) is 0 Å². The zero-order valence-electron chi connectivity index (χ0n) is 37.0. The zero-order chi connectivity index (χ0) is 42.8. The molecule has 0 radical (unpaired) electrons. The molecule has 1 N–H and O–H groups in total. The van der Waals surface area contributed by atoms with Crippen molar-refractivity contribution in [1.82, 2.24) is 0 Å². The van der Waals surface area contributed by atoms with Gasteiger partial charge < -0.3 is 18.9 Å². The Bertz CT molecular complexity index is 1300. The van der Waals surface area contributed by atoms with E-state index in [-0.39, 0.29) is 26.1 Å². The van der Waals surface area contributed by atoms with Crippen molar-refractivity contribution in [3.8, 4) is 0 Å². The summed E-state index contributed by atoms with van der Waals surface area (Å²) in [5.74, 6) is -0.866. The molecule has 0 aliphatic heterocycles. The van der Waals surface area contributed by atoms with E-state index in [0.717, 1.165) is 103 Å². The number of phosphoric ester groups is 1. The fourth-order valence-corrected chi connectivity index (χ4v) is 5.97. The minimum atomic E-state index is -4.40. The Morgan fingerprint density at radius 2 is 0.931 bits per heavy atom. The van der Waals surface area contributed by atoms with Gasteiger partial charge in [-0.1, -0.05) is 137 Å². The van der Waals surface area contributed by atoms with Crippen LogP contribution in [0.25, 0.3) is 0 Å². The van der Waals surface area contributed by atoms with E-state index in [2.05, 4.69) is 111 Å². The number of ether oxygens (including phenoxy) is 2. The zero-order valence-corrected chi connectivity index (χ0v) is 37.9. The van der Waals surface area contributed by atoms with E-state index in [1.165, 1.54) is 0 Å². The van der Waals surface area contributed by atoms with Crippen LogP contribution in [0, 0.1) is 0 Å². The van der Waals surface area contributed by atoms with Gasteiger partial charge in [-0.15, -0.1) is 0 Å². The van der Waals surface area contributed by atoms with Gasteiger partial charge in [0.05, 0.1) is 27.7 Å². The number of esters is 2. The molecule has 58 heavy (non-hydrogen) atoms. The van der Waals surface area contributed by atoms with Crippen LogP contribution < -0.4 is 0 Å². The van der Waals surface area contributed by atoms with Crippen LogP contribution in [0.1, 0.15) is 142 Å². The maximum atomic E-state index is 12.7. The number of likely N-dealkylation sites (N-methyl/N-ethyl adjacent to an activating group) is 1. The lowest BCUT2D eigenvalue weighted by Gasteiger charge is -2.24. The third-order valence-electron chi connectivity index (χ3n) is 8.61. The molecule has 1 unspecified atom stereocenters. The Morgan fingerprint density at radius 1 is 0.534 bits per heavy atom. The Kier molecular flexibility index (Phi) is 37.3. The van der Waals surface area contributed by atoms with Crippen molar-refractivity contribution in [2.75, 3.05) is 47.5 Å². The van der Waals surface area contributed by atoms with E-state index in [0.29, 0.717) is 23.9 Å². The van der Waals surface area contributed by atoms with Gasteiger partial charge in [-0.05, 0) is 89.9 Å². The first-order chi connectivity index (χ1) is 28.0. The fourth-order valence-electron chi connectivity index (χ4n) is 5.23. The molecular weight excluding hydrogens is 750 g/mol. The summed E-state index contributed by atoms with van der Waals surface area (Å²) in [7, 11) is 1.42. The van der Waals surface area contributed by atoms with Gasteiger partial charge in [0.1, 0.15) is 19.8 Å². The van der Waals surface area contributed by atoms with Crippen LogP contribution in [0.2, 0.25) is 0 Å². The van der Waals surface area contributed by atoms with Crippen LogP contribution in [0.15, 0.2) is 97.2 Å². The first-order valence-electron chi connectivity index (χ1n) is 22.0. The van der Waals surface area contributed by atoms with E-state index in [4.69, 9.17) is 18.5 Å². The predicted octanol–water partition coefficient (Wildman–Crippen LogP) is 12.6. The monoisotopic (exact) mass is 831 g/mol. The average Bonchev–Trinajstić information content (AvgIpc) is 3.17. The van der Waals surface area contributed by atoms with Gasteiger partial charge in [0.15, 0.2) is 6.10 Å². The predicted molar refractivity (Wildman–Crippen MR) is 242 cm³/mol. The van der Waals surface area contributed by atoms with Crippen LogP contribution in [-0.4, -0.2) is 74.9 Å². The van der Waals surface area contributed by atoms with E-state index in [1.807, 2.05) is 21.1 Å². The molecule has 0 aromatic heterocycles. The van der Waals surface area contributed by atoms with Crippen molar-refractivity contribution in [1.29, 1.82) is 0 Å². The third kappa shape index (κ3) is 42.5. The molecule has 2 atom stereocenters. The summed E-state index contributed by atoms with van der Waals surface area (Å²) in [6.45, 7) is 4.11. The number of allylic oxidation sites excluding steroid dienone is 16. The first-order valence-corrected chi connectivity index (χ1v) is 23.5. The Morgan fingerprint density at radius 3 is 1.36 bits per heavy atom. The summed E-state index contributed by atoms with van der Waals surface area (Å²) in [5, 5.41) is 0. The standard InChI is InChI=1S/C48H80NO8P/c1-6-8-10-12-14-16-18-20-22-24-26-28-30-32-34-36-38-40-47(50)54-44-46(45-56-58(52,53)55-43-42-49(3,4)5)57-48(51)41-39-37-35-33-31-29-27-25-23-21-19-17-15-13-11-9-7-2/h8-11,14-17,20-23,26-29,46H,6-7,12-13,18-19,24-25,30-45H2,1-5H3/p+1/b10-8-,11-9-,16-14-,17-15-,22-20-,23-21-,28-26-,29-27-/t46-/m1/s1. The second-order valence-corrected chi connectivity index (χ2v) is 16.8. The molecular formula is C48H81NO8P+. The van der Waals surface area contributed by atoms with Crippen molar-refractivity contribution < 1.29 is 42.1 Å². The van der Waals surface area contributed by atoms with Crippen LogP contribution in [0.5, 0.6) is 0 Å². The Balaban J connectivity index is 4.48. The van der Waals surface area contributed by atoms with Crippen LogP contribution in [0.4, 0.5) is 0 Å². The van der Waals surface area contributed by atoms with Crippen LogP contribution in [0.3, 0.4) is 0 Å². The topological polar surface area (TPSA) is 108 Å². The third-order valence-corrected chi connectivity index (χ3v) is 9.59. The smallest absolute Gasteiger partial charge is 0.462 e. The van der Waals surface area contributed by atoms with Gasteiger partial charge in [-0.2, -0.15) is 0 Å². The summed E-state index contributed by atoms with van der Waals surface area (Å²) in [6.07, 6.45) is 51.7. The average molecular weight is 831 g/mol. The highest BCUT2D eigenvalue weighted by Gasteiger charge is 2.27. The second-order valence-electron chi connectivity index (χ2n) is 15.3. The molecule has 0 aromatic carbocycles. The highest BCUT2D eigenvalue weighted by molar-refractivity contribution is 7.47. The van der Waals surface area contributed by atoms with E-state index < -0.39 is 32.5 Å². The number of hydrogen-bond acceptors (Lipinski definition) is 7. The summed E-state index contributed by atoms with van der Waals surface area (Å²) in [5.41, 5.74) is 0. The van der Waals surface area contributed by atoms with Gasteiger partial charge >= 0.3 is 19.8 Å². The van der Waals surface area contributed by atoms with Crippen molar-refractivity contribution in [2.45, 2.75) is 148 Å². The molecule has 0 spiro atoms. The maximum absolute atomic E-state index is 12.7. The number of quaternary nitrogens is 1. The number of rotatable bonds is 38. The van der Waals surface area contributed by atoms with E-state index >= 15 is 0 Å². The van der Waals surface area contributed by atoms with Crippen LogP contribution >= 0.6 is 7.82 Å². The minimum Gasteiger partial charge on any atom is -0.462 e. The Labute approximate surface area is 353 Å². The SMILES string of the molecule is CC/C=C\C/C=C\C/C=C\C/C=C\CCCCCCC(=O)OC[C@H](COP(=O)(O)OCC[N+](C)(C)C)OC(=O)CCCCCC/C=C\C/C=C\C/C=C\C/C=C\CC. The van der Waals surface area contributed by atoms with Crippen molar-refractivity contribution in [3.05, 3.63) is 97.2 Å². The summed E-state index contributed by atoms with van der Waals surface area (Å²) in [6, 6.07) is 0. The maximum Gasteiger partial charge on any atom is 0.472 e. The molecule has 0 aliphatic rings. The molecule has 0 saturated carbocycles. The molecule has 0 aliphatic carbocycles. The number of unbranched alkanes of at least 4 members (excludes halogenated alkanes) is 8. The molecule has 10 heteroatoms. The van der Waals surface area contributed by atoms with Gasteiger partial charge in [0, 0.05) is 12.8 Å². The fraction of sp³-hybridized carbons (Fsp3) is 0.625. The molecule has 0 rings (SSSR count). The lowest BCUT2D eigenvalue weighted by atomic mass is 10.1. The van der Waals surface area contributed by atoms with Gasteiger partial charge in [0.25, 0.3) is 0 Å². The molecule has 9 nitrogen and oxygen atoms in total. The number of phosphoric acid groups is 1. The minimum absolute atomic E-state index is 0.0163. The number of carbonyl (C=O) groups excluding carboxylic acids is 2. The molecule has 0 aromatic rings. The largest absolute Gasteiger partial charge is 0.472 e.